The zero-order valence-corrected chi connectivity index (χ0v) is 15.1. The van der Waals surface area contributed by atoms with E-state index in [4.69, 9.17) is 0 Å². The van der Waals surface area contributed by atoms with Gasteiger partial charge >= 0.3 is 0 Å². The molecule has 0 saturated carbocycles. The van der Waals surface area contributed by atoms with Crippen molar-refractivity contribution >= 4 is 24.2 Å². The number of hydrogen-bond acceptors (Lipinski definition) is 4. The second-order valence-corrected chi connectivity index (χ2v) is 6.48. The number of benzene rings is 1. The quantitative estimate of drug-likeness (QED) is 0.589. The molecule has 2 aromatic heterocycles. The van der Waals surface area contributed by atoms with E-state index in [1.165, 1.54) is 10.5 Å². The fraction of sp³-hybridized carbons (Fsp3) is 0.278. The van der Waals surface area contributed by atoms with Gasteiger partial charge in [-0.1, -0.05) is 30.3 Å². The molecule has 6 heteroatoms. The van der Waals surface area contributed by atoms with Crippen LogP contribution in [-0.4, -0.2) is 39.5 Å². The Bertz CT molecular complexity index is 916. The summed E-state index contributed by atoms with van der Waals surface area (Å²) in [6.45, 7) is 3.77. The van der Waals surface area contributed by atoms with E-state index in [0.717, 1.165) is 22.7 Å². The Morgan fingerprint density at radius 2 is 1.83 bits per heavy atom. The van der Waals surface area contributed by atoms with Gasteiger partial charge < -0.3 is 4.90 Å². The summed E-state index contributed by atoms with van der Waals surface area (Å²) in [4.78, 5) is 18.6. The van der Waals surface area contributed by atoms with E-state index in [0.29, 0.717) is 16.9 Å². The third kappa shape index (κ3) is 2.78. The van der Waals surface area contributed by atoms with E-state index < -0.39 is 0 Å². The Morgan fingerprint density at radius 3 is 2.46 bits per heavy atom. The van der Waals surface area contributed by atoms with Crippen LogP contribution in [0.1, 0.15) is 32.9 Å². The standard InChI is InChI=1S/C18H20N4OS/c1-11-14(10-13-8-6-5-7-9-13)18(24)22-16(19-11)15(12(2)20-22)17(23)21(3)4/h5-9,24H,10H2,1-4H3. The first kappa shape index (κ1) is 16.5. The Balaban J connectivity index is 2.17. The van der Waals surface area contributed by atoms with Crippen LogP contribution in [0.15, 0.2) is 35.4 Å². The van der Waals surface area contributed by atoms with Gasteiger partial charge in [-0.3, -0.25) is 4.79 Å². The number of carbonyl (C=O) groups excluding carboxylic acids is 1. The van der Waals surface area contributed by atoms with Crippen LogP contribution in [0.3, 0.4) is 0 Å². The minimum atomic E-state index is -0.0991. The molecule has 0 spiro atoms. The molecule has 0 aliphatic rings. The zero-order chi connectivity index (χ0) is 17.4. The number of carbonyl (C=O) groups is 1. The smallest absolute Gasteiger partial charge is 0.259 e. The lowest BCUT2D eigenvalue weighted by molar-refractivity contribution is 0.0828. The second-order valence-electron chi connectivity index (χ2n) is 6.06. The van der Waals surface area contributed by atoms with Gasteiger partial charge in [0.1, 0.15) is 10.6 Å². The number of hydrogen-bond donors (Lipinski definition) is 1. The molecule has 3 aromatic rings. The summed E-state index contributed by atoms with van der Waals surface area (Å²) in [6.07, 6.45) is 0.727. The molecule has 0 bridgehead atoms. The first-order valence-electron chi connectivity index (χ1n) is 7.73. The van der Waals surface area contributed by atoms with Gasteiger partial charge in [0.2, 0.25) is 0 Å². The molecule has 0 saturated heterocycles. The molecule has 0 aliphatic carbocycles. The lowest BCUT2D eigenvalue weighted by atomic mass is 10.1. The Labute approximate surface area is 146 Å². The summed E-state index contributed by atoms with van der Waals surface area (Å²) >= 11 is 4.68. The number of fused-ring (bicyclic) bond motifs is 1. The van der Waals surface area contributed by atoms with Crippen LogP contribution in [0, 0.1) is 13.8 Å². The van der Waals surface area contributed by atoms with Crippen LogP contribution in [-0.2, 0) is 6.42 Å². The normalized spacial score (nSPS) is 11.0. The topological polar surface area (TPSA) is 50.5 Å². The molecule has 2 heterocycles. The lowest BCUT2D eigenvalue weighted by Gasteiger charge is -2.12. The average Bonchev–Trinajstić information content (AvgIpc) is 2.88. The van der Waals surface area contributed by atoms with Crippen molar-refractivity contribution in [3.8, 4) is 0 Å². The molecular weight excluding hydrogens is 320 g/mol. The SMILES string of the molecule is Cc1nc2c(C(=O)N(C)C)c(C)nn2c(S)c1Cc1ccccc1. The number of aryl methyl sites for hydroxylation is 2. The highest BCUT2D eigenvalue weighted by Gasteiger charge is 2.23. The Morgan fingerprint density at radius 1 is 1.17 bits per heavy atom. The van der Waals surface area contributed by atoms with Gasteiger partial charge in [-0.2, -0.15) is 5.10 Å². The summed E-state index contributed by atoms with van der Waals surface area (Å²) in [6, 6.07) is 10.2. The molecular formula is C18H20N4OS. The first-order valence-corrected chi connectivity index (χ1v) is 8.18. The molecule has 0 fully saturated rings. The van der Waals surface area contributed by atoms with Crippen LogP contribution in [0.25, 0.3) is 5.65 Å². The number of rotatable bonds is 3. The molecule has 0 unspecified atom stereocenters. The van der Waals surface area contributed by atoms with Crippen LogP contribution in [0.2, 0.25) is 0 Å². The third-order valence-electron chi connectivity index (χ3n) is 4.06. The predicted octanol–water partition coefficient (Wildman–Crippen LogP) is 2.93. The van der Waals surface area contributed by atoms with Crippen LogP contribution < -0.4 is 0 Å². The highest BCUT2D eigenvalue weighted by atomic mass is 32.1. The molecule has 1 aromatic carbocycles. The lowest BCUT2D eigenvalue weighted by Crippen LogP contribution is -2.22. The molecule has 124 valence electrons. The number of nitrogens with zero attached hydrogens (tertiary/aromatic N) is 4. The molecule has 0 aliphatic heterocycles. The molecule has 3 rings (SSSR count). The minimum absolute atomic E-state index is 0.0991. The zero-order valence-electron chi connectivity index (χ0n) is 14.2. The maximum atomic E-state index is 12.4. The monoisotopic (exact) mass is 340 g/mol. The molecule has 0 radical (unpaired) electrons. The summed E-state index contributed by atoms with van der Waals surface area (Å²) in [5.41, 5.74) is 4.82. The summed E-state index contributed by atoms with van der Waals surface area (Å²) in [7, 11) is 3.45. The first-order chi connectivity index (χ1) is 11.4. The fourth-order valence-electron chi connectivity index (χ4n) is 2.76. The largest absolute Gasteiger partial charge is 0.345 e. The van der Waals surface area contributed by atoms with E-state index >= 15 is 0 Å². The fourth-order valence-corrected chi connectivity index (χ4v) is 3.14. The van der Waals surface area contributed by atoms with Crippen molar-refractivity contribution in [2.45, 2.75) is 25.3 Å². The Kier molecular flexibility index (Phi) is 4.32. The van der Waals surface area contributed by atoms with E-state index in [-0.39, 0.29) is 5.91 Å². The van der Waals surface area contributed by atoms with Gasteiger partial charge in [0.25, 0.3) is 5.91 Å². The van der Waals surface area contributed by atoms with Crippen molar-refractivity contribution in [3.05, 3.63) is 58.4 Å². The highest BCUT2D eigenvalue weighted by molar-refractivity contribution is 7.80. The van der Waals surface area contributed by atoms with Crippen LogP contribution in [0.4, 0.5) is 0 Å². The van der Waals surface area contributed by atoms with Crippen molar-refractivity contribution in [1.82, 2.24) is 19.5 Å². The van der Waals surface area contributed by atoms with Crippen molar-refractivity contribution in [1.29, 1.82) is 0 Å². The molecule has 0 atom stereocenters. The predicted molar refractivity (Wildman–Crippen MR) is 97.0 cm³/mol. The van der Waals surface area contributed by atoms with E-state index in [2.05, 4.69) is 34.8 Å². The van der Waals surface area contributed by atoms with Crippen molar-refractivity contribution in [2.24, 2.45) is 0 Å². The average molecular weight is 340 g/mol. The number of amides is 1. The molecule has 1 amide bonds. The summed E-state index contributed by atoms with van der Waals surface area (Å²) in [5, 5.41) is 5.21. The van der Waals surface area contributed by atoms with Crippen molar-refractivity contribution in [2.75, 3.05) is 14.1 Å². The number of thiol groups is 1. The van der Waals surface area contributed by atoms with Gasteiger partial charge in [-0.15, -0.1) is 12.6 Å². The third-order valence-corrected chi connectivity index (χ3v) is 4.52. The number of aromatic nitrogens is 3. The van der Waals surface area contributed by atoms with E-state index in [9.17, 15) is 4.79 Å². The molecule has 24 heavy (non-hydrogen) atoms. The van der Waals surface area contributed by atoms with Crippen LogP contribution >= 0.6 is 12.6 Å². The second kappa shape index (κ2) is 6.28. The minimum Gasteiger partial charge on any atom is -0.345 e. The maximum absolute atomic E-state index is 12.4. The highest BCUT2D eigenvalue weighted by Crippen LogP contribution is 2.25. The van der Waals surface area contributed by atoms with Crippen molar-refractivity contribution < 1.29 is 4.79 Å². The molecule has 5 nitrogen and oxygen atoms in total. The Hall–Kier alpha value is -2.34. The van der Waals surface area contributed by atoms with Gasteiger partial charge in [0, 0.05) is 31.8 Å². The van der Waals surface area contributed by atoms with Gasteiger partial charge in [-0.05, 0) is 19.4 Å². The van der Waals surface area contributed by atoms with E-state index in [1.54, 1.807) is 18.6 Å². The van der Waals surface area contributed by atoms with Crippen LogP contribution in [0.5, 0.6) is 0 Å². The van der Waals surface area contributed by atoms with Gasteiger partial charge in [-0.25, -0.2) is 9.50 Å². The van der Waals surface area contributed by atoms with E-state index in [1.807, 2.05) is 32.0 Å². The summed E-state index contributed by atoms with van der Waals surface area (Å²) < 4.78 is 1.67. The summed E-state index contributed by atoms with van der Waals surface area (Å²) in [5.74, 6) is -0.0991. The van der Waals surface area contributed by atoms with Crippen molar-refractivity contribution in [3.63, 3.8) is 0 Å². The molecule has 0 N–H and O–H groups in total. The maximum Gasteiger partial charge on any atom is 0.259 e. The van der Waals surface area contributed by atoms with Gasteiger partial charge in [0.15, 0.2) is 5.65 Å². The van der Waals surface area contributed by atoms with Gasteiger partial charge in [0.05, 0.1) is 5.69 Å².